The molecule has 0 unspecified atom stereocenters. The van der Waals surface area contributed by atoms with Crippen LogP contribution in [0.25, 0.3) is 0 Å². The van der Waals surface area contributed by atoms with Crippen LogP contribution >= 0.6 is 0 Å². The van der Waals surface area contributed by atoms with Crippen LogP contribution in [0.4, 0.5) is 11.5 Å². The van der Waals surface area contributed by atoms with Gasteiger partial charge in [0.2, 0.25) is 5.88 Å². The normalized spacial score (nSPS) is 10.2. The van der Waals surface area contributed by atoms with Gasteiger partial charge in [-0.2, -0.15) is 4.98 Å². The van der Waals surface area contributed by atoms with Crippen LogP contribution < -0.4 is 20.9 Å². The van der Waals surface area contributed by atoms with Crippen molar-refractivity contribution in [1.82, 2.24) is 4.98 Å². The van der Waals surface area contributed by atoms with E-state index < -0.39 is 0 Å². The summed E-state index contributed by atoms with van der Waals surface area (Å²) in [6, 6.07) is 8.35. The number of anilines is 2. The van der Waals surface area contributed by atoms with E-state index in [1.165, 1.54) is 7.11 Å². The Bertz CT molecular complexity index is 587. The summed E-state index contributed by atoms with van der Waals surface area (Å²) in [5, 5.41) is 9.07. The van der Waals surface area contributed by atoms with Gasteiger partial charge in [0, 0.05) is 6.07 Å². The minimum atomic E-state index is -0.0658. The molecule has 2 aromatic rings. The van der Waals surface area contributed by atoms with Crippen LogP contribution in [-0.4, -0.2) is 17.2 Å². The molecule has 19 heavy (non-hydrogen) atoms. The van der Waals surface area contributed by atoms with E-state index in [9.17, 15) is 0 Å². The van der Waals surface area contributed by atoms with Crippen molar-refractivity contribution < 1.29 is 14.6 Å². The zero-order valence-electron chi connectivity index (χ0n) is 10.5. The maximum absolute atomic E-state index is 9.07. The fourth-order valence-corrected chi connectivity index (χ4v) is 1.53. The predicted octanol–water partition coefficient (Wildman–Crippen LogP) is 1.54. The van der Waals surface area contributed by atoms with Gasteiger partial charge in [-0.3, -0.25) is 0 Å². The second kappa shape index (κ2) is 5.45. The van der Waals surface area contributed by atoms with Gasteiger partial charge in [-0.05, 0) is 23.8 Å². The van der Waals surface area contributed by atoms with Crippen molar-refractivity contribution in [2.24, 2.45) is 0 Å². The Labute approximate surface area is 110 Å². The lowest BCUT2D eigenvalue weighted by Gasteiger charge is -2.11. The van der Waals surface area contributed by atoms with Crippen molar-refractivity contribution in [1.29, 1.82) is 0 Å². The SMILES string of the molecule is COc1cc(CO)ccc1Oc1ccc(N)c(N)n1. The molecule has 6 heteroatoms. The fraction of sp³-hybridized carbons (Fsp3) is 0.154. The second-order valence-corrected chi connectivity index (χ2v) is 3.87. The number of aliphatic hydroxyl groups excluding tert-OH is 1. The summed E-state index contributed by atoms with van der Waals surface area (Å²) in [5.41, 5.74) is 12.3. The lowest BCUT2D eigenvalue weighted by Crippen LogP contribution is -1.99. The number of nitrogen functional groups attached to an aromatic ring is 2. The third-order valence-electron chi connectivity index (χ3n) is 2.56. The minimum absolute atomic E-state index is 0.0658. The standard InChI is InChI=1S/C13H15N3O3/c1-18-11-6-8(7-17)2-4-10(11)19-12-5-3-9(14)13(15)16-12/h2-6,17H,7,14H2,1H3,(H2,15,16). The van der Waals surface area contributed by atoms with Gasteiger partial charge in [-0.15, -0.1) is 0 Å². The number of nitrogens with two attached hydrogens (primary N) is 2. The Morgan fingerprint density at radius 1 is 1.16 bits per heavy atom. The molecule has 0 amide bonds. The number of nitrogens with zero attached hydrogens (tertiary/aromatic N) is 1. The fourth-order valence-electron chi connectivity index (χ4n) is 1.53. The molecule has 0 aliphatic carbocycles. The zero-order chi connectivity index (χ0) is 13.8. The summed E-state index contributed by atoms with van der Waals surface area (Å²) in [7, 11) is 1.52. The van der Waals surface area contributed by atoms with Crippen molar-refractivity contribution in [3.05, 3.63) is 35.9 Å². The topological polar surface area (TPSA) is 104 Å². The Morgan fingerprint density at radius 2 is 1.95 bits per heavy atom. The number of rotatable bonds is 4. The molecule has 0 bridgehead atoms. The number of aromatic nitrogens is 1. The summed E-state index contributed by atoms with van der Waals surface area (Å²) >= 11 is 0. The van der Waals surface area contributed by atoms with E-state index in [4.69, 9.17) is 26.0 Å². The molecule has 1 aromatic heterocycles. The second-order valence-electron chi connectivity index (χ2n) is 3.87. The summed E-state index contributed by atoms with van der Waals surface area (Å²) < 4.78 is 10.8. The average Bonchev–Trinajstić information content (AvgIpc) is 2.43. The molecule has 0 spiro atoms. The first-order valence-corrected chi connectivity index (χ1v) is 5.61. The molecule has 0 aliphatic rings. The Kier molecular flexibility index (Phi) is 3.72. The maximum atomic E-state index is 9.07. The Balaban J connectivity index is 2.29. The average molecular weight is 261 g/mol. The molecule has 0 saturated carbocycles. The van der Waals surface area contributed by atoms with Crippen LogP contribution in [0.3, 0.4) is 0 Å². The molecule has 0 fully saturated rings. The van der Waals surface area contributed by atoms with Crippen molar-refractivity contribution in [2.45, 2.75) is 6.61 Å². The molecule has 1 heterocycles. The van der Waals surface area contributed by atoms with Gasteiger partial charge < -0.3 is 26.0 Å². The lowest BCUT2D eigenvalue weighted by molar-refractivity contribution is 0.280. The van der Waals surface area contributed by atoms with E-state index >= 15 is 0 Å². The summed E-state index contributed by atoms with van der Waals surface area (Å²) in [5.74, 6) is 1.52. The molecular formula is C13H15N3O3. The smallest absolute Gasteiger partial charge is 0.221 e. The lowest BCUT2D eigenvalue weighted by atomic mass is 10.2. The highest BCUT2D eigenvalue weighted by molar-refractivity contribution is 5.59. The van der Waals surface area contributed by atoms with E-state index in [0.29, 0.717) is 23.1 Å². The monoisotopic (exact) mass is 261 g/mol. The van der Waals surface area contributed by atoms with Crippen molar-refractivity contribution in [2.75, 3.05) is 18.6 Å². The van der Waals surface area contributed by atoms with Crippen LogP contribution in [0, 0.1) is 0 Å². The third kappa shape index (κ3) is 2.86. The number of methoxy groups -OCH3 is 1. The predicted molar refractivity (Wildman–Crippen MR) is 72.1 cm³/mol. The molecule has 0 radical (unpaired) electrons. The Hall–Kier alpha value is -2.47. The molecule has 0 saturated heterocycles. The molecule has 0 aliphatic heterocycles. The third-order valence-corrected chi connectivity index (χ3v) is 2.56. The van der Waals surface area contributed by atoms with Crippen LogP contribution in [0.5, 0.6) is 17.4 Å². The molecule has 6 nitrogen and oxygen atoms in total. The highest BCUT2D eigenvalue weighted by atomic mass is 16.5. The van der Waals surface area contributed by atoms with Gasteiger partial charge in [0.05, 0.1) is 19.4 Å². The number of aliphatic hydroxyl groups is 1. The molecular weight excluding hydrogens is 246 g/mol. The first kappa shape index (κ1) is 13.0. The Morgan fingerprint density at radius 3 is 2.58 bits per heavy atom. The van der Waals surface area contributed by atoms with Gasteiger partial charge in [-0.25, -0.2) is 0 Å². The molecule has 5 N–H and O–H groups in total. The number of ether oxygens (including phenoxy) is 2. The van der Waals surface area contributed by atoms with Gasteiger partial charge >= 0.3 is 0 Å². The molecule has 0 atom stereocenters. The van der Waals surface area contributed by atoms with Crippen LogP contribution in [-0.2, 0) is 6.61 Å². The zero-order valence-corrected chi connectivity index (χ0v) is 10.5. The van der Waals surface area contributed by atoms with Crippen molar-refractivity contribution in [3.63, 3.8) is 0 Å². The quantitative estimate of drug-likeness (QED) is 0.771. The van der Waals surface area contributed by atoms with Crippen molar-refractivity contribution in [3.8, 4) is 17.4 Å². The van der Waals surface area contributed by atoms with Gasteiger partial charge in [0.25, 0.3) is 0 Å². The van der Waals surface area contributed by atoms with E-state index in [0.717, 1.165) is 5.56 Å². The summed E-state index contributed by atoms with van der Waals surface area (Å²) in [6.45, 7) is -0.0658. The summed E-state index contributed by atoms with van der Waals surface area (Å²) in [6.07, 6.45) is 0. The van der Waals surface area contributed by atoms with E-state index in [-0.39, 0.29) is 12.4 Å². The van der Waals surface area contributed by atoms with E-state index in [1.807, 2.05) is 0 Å². The van der Waals surface area contributed by atoms with E-state index in [2.05, 4.69) is 4.98 Å². The summed E-state index contributed by atoms with van der Waals surface area (Å²) in [4.78, 5) is 4.01. The largest absolute Gasteiger partial charge is 0.493 e. The van der Waals surface area contributed by atoms with Crippen LogP contribution in [0.1, 0.15) is 5.56 Å². The molecule has 100 valence electrons. The minimum Gasteiger partial charge on any atom is -0.493 e. The molecule has 1 aromatic carbocycles. The highest BCUT2D eigenvalue weighted by Gasteiger charge is 2.08. The van der Waals surface area contributed by atoms with Gasteiger partial charge in [0.1, 0.15) is 0 Å². The van der Waals surface area contributed by atoms with Crippen LogP contribution in [0.2, 0.25) is 0 Å². The number of benzene rings is 1. The highest BCUT2D eigenvalue weighted by Crippen LogP contribution is 2.32. The number of pyridine rings is 1. The van der Waals surface area contributed by atoms with Gasteiger partial charge in [-0.1, -0.05) is 6.07 Å². The van der Waals surface area contributed by atoms with Crippen molar-refractivity contribution >= 4 is 11.5 Å². The van der Waals surface area contributed by atoms with Crippen LogP contribution in [0.15, 0.2) is 30.3 Å². The van der Waals surface area contributed by atoms with E-state index in [1.54, 1.807) is 30.3 Å². The molecule has 2 rings (SSSR count). The number of hydrogen-bond donors (Lipinski definition) is 3. The van der Waals surface area contributed by atoms with Gasteiger partial charge in [0.15, 0.2) is 17.3 Å². The first-order valence-electron chi connectivity index (χ1n) is 5.61. The first-order chi connectivity index (χ1) is 9.13. The number of hydrogen-bond acceptors (Lipinski definition) is 6. The maximum Gasteiger partial charge on any atom is 0.221 e.